The lowest BCUT2D eigenvalue weighted by atomic mass is 9.77. The summed E-state index contributed by atoms with van der Waals surface area (Å²) in [6.07, 6.45) is 3.33. The van der Waals surface area contributed by atoms with Crippen LogP contribution in [0.3, 0.4) is 0 Å². The smallest absolute Gasteiger partial charge is 0.335 e. The zero-order valence-corrected chi connectivity index (χ0v) is 20.3. The molecule has 0 spiro atoms. The van der Waals surface area contributed by atoms with Crippen molar-refractivity contribution in [2.75, 3.05) is 25.0 Å². The number of benzene rings is 3. The van der Waals surface area contributed by atoms with Crippen molar-refractivity contribution >= 4 is 17.6 Å². The number of rotatable bonds is 10. The van der Waals surface area contributed by atoms with E-state index in [-0.39, 0.29) is 16.9 Å². The first-order valence-corrected chi connectivity index (χ1v) is 12.4. The molecule has 3 aromatic rings. The molecule has 1 aliphatic heterocycles. The summed E-state index contributed by atoms with van der Waals surface area (Å²) < 4.78 is 5.83. The minimum Gasteiger partial charge on any atom is -0.478 e. The van der Waals surface area contributed by atoms with Gasteiger partial charge in [0, 0.05) is 25.2 Å². The Balaban J connectivity index is 1.33. The molecule has 1 aliphatic rings. The SMILES string of the molecule is O=C(CC1(CNCc2ccc(C(=O)O)cc2)CCCNCC1)Nc1ccc(Oc2ccccc2)cc1. The quantitative estimate of drug-likeness (QED) is 0.319. The Morgan fingerprint density at radius 1 is 0.889 bits per heavy atom. The Morgan fingerprint density at radius 3 is 2.33 bits per heavy atom. The van der Waals surface area contributed by atoms with Gasteiger partial charge in [-0.05, 0) is 91.9 Å². The molecule has 0 bridgehead atoms. The normalized spacial score (nSPS) is 17.7. The fourth-order valence-electron chi connectivity index (χ4n) is 4.62. The second-order valence-electron chi connectivity index (χ2n) is 9.37. The lowest BCUT2D eigenvalue weighted by Gasteiger charge is -2.32. The summed E-state index contributed by atoms with van der Waals surface area (Å²) in [5.74, 6) is 0.555. The van der Waals surface area contributed by atoms with Crippen LogP contribution in [-0.4, -0.2) is 36.6 Å². The molecule has 188 valence electrons. The van der Waals surface area contributed by atoms with Gasteiger partial charge < -0.3 is 25.8 Å². The van der Waals surface area contributed by atoms with Gasteiger partial charge in [0.1, 0.15) is 11.5 Å². The van der Waals surface area contributed by atoms with Gasteiger partial charge in [0.2, 0.25) is 5.91 Å². The van der Waals surface area contributed by atoms with Crippen molar-refractivity contribution < 1.29 is 19.4 Å². The van der Waals surface area contributed by atoms with E-state index in [1.165, 1.54) is 0 Å². The van der Waals surface area contributed by atoms with Gasteiger partial charge in [-0.3, -0.25) is 4.79 Å². The van der Waals surface area contributed by atoms with Crippen LogP contribution in [0.5, 0.6) is 11.5 Å². The third kappa shape index (κ3) is 7.41. The van der Waals surface area contributed by atoms with Crippen molar-refractivity contribution in [3.05, 3.63) is 90.0 Å². The number of aromatic carboxylic acids is 1. The first-order valence-electron chi connectivity index (χ1n) is 12.4. The molecule has 1 heterocycles. The van der Waals surface area contributed by atoms with Crippen LogP contribution in [0.15, 0.2) is 78.9 Å². The largest absolute Gasteiger partial charge is 0.478 e. The van der Waals surface area contributed by atoms with E-state index in [0.717, 1.165) is 49.4 Å². The maximum atomic E-state index is 13.1. The fraction of sp³-hybridized carbons (Fsp3) is 0.310. The van der Waals surface area contributed by atoms with Crippen LogP contribution in [0.1, 0.15) is 41.6 Å². The van der Waals surface area contributed by atoms with Crippen LogP contribution in [0.2, 0.25) is 0 Å². The number of hydrogen-bond acceptors (Lipinski definition) is 5. The molecule has 4 rings (SSSR count). The molecular weight excluding hydrogens is 454 g/mol. The second-order valence-corrected chi connectivity index (χ2v) is 9.37. The van der Waals surface area contributed by atoms with Gasteiger partial charge in [-0.25, -0.2) is 4.79 Å². The summed E-state index contributed by atoms with van der Waals surface area (Å²) in [7, 11) is 0. The van der Waals surface area contributed by atoms with Crippen molar-refractivity contribution in [1.82, 2.24) is 10.6 Å². The highest BCUT2D eigenvalue weighted by molar-refractivity contribution is 5.91. The van der Waals surface area contributed by atoms with Crippen molar-refractivity contribution in [3.8, 4) is 11.5 Å². The Hall–Kier alpha value is -3.68. The number of para-hydroxylation sites is 1. The lowest BCUT2D eigenvalue weighted by molar-refractivity contribution is -0.118. The first kappa shape index (κ1) is 25.4. The summed E-state index contributed by atoms with van der Waals surface area (Å²) in [6, 6.07) is 23.9. The van der Waals surface area contributed by atoms with E-state index < -0.39 is 5.97 Å². The van der Waals surface area contributed by atoms with Gasteiger partial charge >= 0.3 is 5.97 Å². The van der Waals surface area contributed by atoms with Gasteiger partial charge in [0.25, 0.3) is 0 Å². The van der Waals surface area contributed by atoms with Gasteiger partial charge in [0.05, 0.1) is 5.56 Å². The second kappa shape index (κ2) is 12.3. The highest BCUT2D eigenvalue weighted by atomic mass is 16.5. The highest BCUT2D eigenvalue weighted by Crippen LogP contribution is 2.34. The zero-order valence-electron chi connectivity index (χ0n) is 20.3. The standard InChI is InChI=1S/C29H33N3O4/c33-27(32-24-11-13-26(14-12-24)36-25-5-2-1-3-6-25)19-29(15-4-17-30-18-16-29)21-31-20-22-7-9-23(10-8-22)28(34)35/h1-3,5-14,30-31H,4,15-21H2,(H,32,33)(H,34,35). The predicted molar refractivity (Wildman–Crippen MR) is 140 cm³/mol. The van der Waals surface area contributed by atoms with Crippen LogP contribution in [-0.2, 0) is 11.3 Å². The molecule has 0 radical (unpaired) electrons. The minimum atomic E-state index is -0.927. The summed E-state index contributed by atoms with van der Waals surface area (Å²) in [6.45, 7) is 3.18. The first-order chi connectivity index (χ1) is 17.5. The molecule has 0 saturated carbocycles. The van der Waals surface area contributed by atoms with E-state index in [2.05, 4.69) is 16.0 Å². The number of carboxylic acids is 1. The Morgan fingerprint density at radius 2 is 1.61 bits per heavy atom. The van der Waals surface area contributed by atoms with E-state index in [0.29, 0.717) is 25.3 Å². The lowest BCUT2D eigenvalue weighted by Crippen LogP contribution is -2.38. The molecule has 1 amide bonds. The molecule has 36 heavy (non-hydrogen) atoms. The van der Waals surface area contributed by atoms with E-state index in [1.54, 1.807) is 12.1 Å². The number of carbonyl (C=O) groups is 2. The third-order valence-corrected chi connectivity index (χ3v) is 6.58. The van der Waals surface area contributed by atoms with Gasteiger partial charge in [-0.15, -0.1) is 0 Å². The van der Waals surface area contributed by atoms with Crippen LogP contribution < -0.4 is 20.7 Å². The minimum absolute atomic E-state index is 0.00115. The van der Waals surface area contributed by atoms with Crippen molar-refractivity contribution in [3.63, 3.8) is 0 Å². The van der Waals surface area contributed by atoms with E-state index in [1.807, 2.05) is 66.7 Å². The Bertz CT molecular complexity index is 1120. The summed E-state index contributed by atoms with van der Waals surface area (Å²) >= 11 is 0. The third-order valence-electron chi connectivity index (χ3n) is 6.58. The molecule has 0 aliphatic carbocycles. The van der Waals surface area contributed by atoms with Gasteiger partial charge in [-0.1, -0.05) is 30.3 Å². The number of hydrogen-bond donors (Lipinski definition) is 4. The van der Waals surface area contributed by atoms with Crippen molar-refractivity contribution in [2.24, 2.45) is 5.41 Å². The van der Waals surface area contributed by atoms with Crippen LogP contribution in [0.25, 0.3) is 0 Å². The van der Waals surface area contributed by atoms with Crippen LogP contribution in [0, 0.1) is 5.41 Å². The molecule has 0 aromatic heterocycles. The molecule has 1 fully saturated rings. The molecule has 3 aromatic carbocycles. The van der Waals surface area contributed by atoms with Gasteiger partial charge in [0.15, 0.2) is 0 Å². The average Bonchev–Trinajstić information content (AvgIpc) is 3.12. The summed E-state index contributed by atoms with van der Waals surface area (Å²) in [4.78, 5) is 24.1. The molecule has 4 N–H and O–H groups in total. The molecule has 1 unspecified atom stereocenters. The molecule has 7 heteroatoms. The van der Waals surface area contributed by atoms with E-state index in [9.17, 15) is 9.59 Å². The summed E-state index contributed by atoms with van der Waals surface area (Å²) in [5, 5.41) is 19.1. The highest BCUT2D eigenvalue weighted by Gasteiger charge is 2.33. The Kier molecular flexibility index (Phi) is 8.71. The molecule has 1 saturated heterocycles. The monoisotopic (exact) mass is 487 g/mol. The number of carboxylic acid groups (broad SMARTS) is 1. The van der Waals surface area contributed by atoms with Crippen molar-refractivity contribution in [2.45, 2.75) is 32.2 Å². The predicted octanol–water partition coefficient (Wildman–Crippen LogP) is 5.06. The van der Waals surface area contributed by atoms with E-state index in [4.69, 9.17) is 9.84 Å². The maximum Gasteiger partial charge on any atom is 0.335 e. The molecular formula is C29H33N3O4. The van der Waals surface area contributed by atoms with E-state index >= 15 is 0 Å². The number of ether oxygens (including phenoxy) is 1. The molecule has 1 atom stereocenters. The fourth-order valence-corrected chi connectivity index (χ4v) is 4.62. The average molecular weight is 488 g/mol. The number of carbonyl (C=O) groups excluding carboxylic acids is 1. The van der Waals surface area contributed by atoms with Gasteiger partial charge in [-0.2, -0.15) is 0 Å². The Labute approximate surface area is 211 Å². The zero-order chi connectivity index (χ0) is 25.2. The number of anilines is 1. The molecule has 7 nitrogen and oxygen atoms in total. The maximum absolute atomic E-state index is 13.1. The van der Waals surface area contributed by atoms with Crippen molar-refractivity contribution in [1.29, 1.82) is 0 Å². The topological polar surface area (TPSA) is 99.7 Å². The van der Waals surface area contributed by atoms with Crippen LogP contribution >= 0.6 is 0 Å². The number of nitrogens with one attached hydrogen (secondary N) is 3. The van der Waals surface area contributed by atoms with Crippen LogP contribution in [0.4, 0.5) is 5.69 Å². The summed E-state index contributed by atoms with van der Waals surface area (Å²) in [5.41, 5.74) is 1.89. The number of amides is 1.